The Morgan fingerprint density at radius 2 is 2.14 bits per heavy atom. The molecule has 0 aliphatic rings. The fraction of sp³-hybridized carbons (Fsp3) is 0.455. The zero-order chi connectivity index (χ0) is 16.3. The molecule has 0 unspecified atom stereocenters. The number of sulfonamides is 1. The lowest BCUT2D eigenvalue weighted by molar-refractivity contribution is -0.122. The lowest BCUT2D eigenvalue weighted by atomic mass is 10.2. The molecule has 120 valence electrons. The van der Waals surface area contributed by atoms with E-state index in [1.807, 2.05) is 13.8 Å². The highest BCUT2D eigenvalue weighted by atomic mass is 32.2. The number of aromatic amines is 1. The highest BCUT2D eigenvalue weighted by molar-refractivity contribution is 7.92. The van der Waals surface area contributed by atoms with Gasteiger partial charge in [-0.2, -0.15) is 5.10 Å². The highest BCUT2D eigenvalue weighted by Crippen LogP contribution is 2.08. The Bertz CT molecular complexity index is 758. The van der Waals surface area contributed by atoms with E-state index in [0.717, 1.165) is 23.2 Å². The van der Waals surface area contributed by atoms with Crippen LogP contribution in [0.15, 0.2) is 6.20 Å². The number of aromatic nitrogens is 5. The van der Waals surface area contributed by atoms with Crippen molar-refractivity contribution < 1.29 is 13.2 Å². The van der Waals surface area contributed by atoms with Crippen LogP contribution in [-0.2, 0) is 27.9 Å². The Morgan fingerprint density at radius 3 is 2.73 bits per heavy atom. The first-order chi connectivity index (χ1) is 10.2. The Labute approximate surface area is 127 Å². The minimum Gasteiger partial charge on any atom is -0.350 e. The number of nitrogens with zero attached hydrogens (tertiary/aromatic N) is 4. The van der Waals surface area contributed by atoms with Crippen molar-refractivity contribution in [2.24, 2.45) is 0 Å². The predicted octanol–water partition coefficient (Wildman–Crippen LogP) is -0.694. The molecule has 22 heavy (non-hydrogen) atoms. The summed E-state index contributed by atoms with van der Waals surface area (Å²) in [5, 5.41) is 16.9. The quantitative estimate of drug-likeness (QED) is 0.642. The van der Waals surface area contributed by atoms with Crippen molar-refractivity contribution in [1.82, 2.24) is 30.5 Å². The van der Waals surface area contributed by atoms with Crippen LogP contribution < -0.4 is 10.0 Å². The third-order valence-corrected chi connectivity index (χ3v) is 3.46. The molecule has 0 fully saturated rings. The second kappa shape index (κ2) is 6.13. The number of H-pyrrole nitrogens is 1. The Hall–Kier alpha value is -2.43. The molecule has 1 amide bonds. The van der Waals surface area contributed by atoms with Gasteiger partial charge in [0.05, 0.1) is 18.1 Å². The van der Waals surface area contributed by atoms with Gasteiger partial charge in [0.1, 0.15) is 6.54 Å². The predicted molar refractivity (Wildman–Crippen MR) is 78.4 cm³/mol. The zero-order valence-electron chi connectivity index (χ0n) is 12.4. The van der Waals surface area contributed by atoms with Gasteiger partial charge in [-0.25, -0.2) is 13.1 Å². The number of carbonyl (C=O) groups is 1. The minimum absolute atomic E-state index is 0.0611. The maximum absolute atomic E-state index is 11.9. The van der Waals surface area contributed by atoms with Gasteiger partial charge in [0.25, 0.3) is 0 Å². The smallest absolute Gasteiger partial charge is 0.242 e. The van der Waals surface area contributed by atoms with E-state index in [9.17, 15) is 13.2 Å². The van der Waals surface area contributed by atoms with Gasteiger partial charge in [-0.3, -0.25) is 14.6 Å². The van der Waals surface area contributed by atoms with Crippen molar-refractivity contribution >= 4 is 21.7 Å². The number of rotatable bonds is 6. The number of carbonyl (C=O) groups excluding carboxylic acids is 1. The normalized spacial score (nSPS) is 11.4. The number of nitrogens with one attached hydrogen (secondary N) is 3. The van der Waals surface area contributed by atoms with E-state index < -0.39 is 10.0 Å². The fourth-order valence-corrected chi connectivity index (χ4v) is 2.31. The van der Waals surface area contributed by atoms with Crippen LogP contribution in [0.2, 0.25) is 0 Å². The molecular formula is C11H17N7O3S. The number of hydrogen-bond donors (Lipinski definition) is 3. The molecule has 10 nitrogen and oxygen atoms in total. The maximum Gasteiger partial charge on any atom is 0.242 e. The first-order valence-electron chi connectivity index (χ1n) is 6.39. The highest BCUT2D eigenvalue weighted by Gasteiger charge is 2.11. The van der Waals surface area contributed by atoms with E-state index in [-0.39, 0.29) is 18.3 Å². The second-order valence-corrected chi connectivity index (χ2v) is 6.61. The molecule has 0 radical (unpaired) electrons. The van der Waals surface area contributed by atoms with Gasteiger partial charge >= 0.3 is 0 Å². The van der Waals surface area contributed by atoms with E-state index in [0.29, 0.717) is 6.54 Å². The van der Waals surface area contributed by atoms with E-state index in [4.69, 9.17) is 0 Å². The Kier molecular flexibility index (Phi) is 4.45. The van der Waals surface area contributed by atoms with Crippen LogP contribution in [0.5, 0.6) is 0 Å². The average molecular weight is 327 g/mol. The monoisotopic (exact) mass is 327 g/mol. The SMILES string of the molecule is Cc1n[nH]c(C)c1CNC(=O)Cn1cc(NS(C)(=O)=O)nn1. The van der Waals surface area contributed by atoms with Crippen LogP contribution in [-0.4, -0.2) is 45.8 Å². The molecule has 0 saturated heterocycles. The third-order valence-electron chi connectivity index (χ3n) is 2.88. The molecule has 0 saturated carbocycles. The number of anilines is 1. The second-order valence-electron chi connectivity index (χ2n) is 4.86. The van der Waals surface area contributed by atoms with Crippen molar-refractivity contribution in [1.29, 1.82) is 0 Å². The van der Waals surface area contributed by atoms with Crippen LogP contribution in [0, 0.1) is 13.8 Å². The molecule has 11 heteroatoms. The molecule has 0 aromatic carbocycles. The van der Waals surface area contributed by atoms with Crippen LogP contribution in [0.4, 0.5) is 5.82 Å². The van der Waals surface area contributed by atoms with Gasteiger partial charge in [-0.15, -0.1) is 5.10 Å². The first-order valence-corrected chi connectivity index (χ1v) is 8.29. The number of hydrogen-bond acceptors (Lipinski definition) is 6. The van der Waals surface area contributed by atoms with Crippen molar-refractivity contribution in [2.45, 2.75) is 26.9 Å². The lowest BCUT2D eigenvalue weighted by Gasteiger charge is -2.05. The van der Waals surface area contributed by atoms with Crippen molar-refractivity contribution in [3.8, 4) is 0 Å². The molecule has 2 heterocycles. The van der Waals surface area contributed by atoms with Gasteiger partial charge in [0.2, 0.25) is 15.9 Å². The summed E-state index contributed by atoms with van der Waals surface area (Å²) in [5.74, 6) is -0.201. The van der Waals surface area contributed by atoms with Crippen LogP contribution in [0.25, 0.3) is 0 Å². The Morgan fingerprint density at radius 1 is 1.41 bits per heavy atom. The Balaban J connectivity index is 1.90. The average Bonchev–Trinajstić information content (AvgIpc) is 2.93. The molecule has 0 aliphatic carbocycles. The largest absolute Gasteiger partial charge is 0.350 e. The molecule has 2 aromatic heterocycles. The van der Waals surface area contributed by atoms with Gasteiger partial charge < -0.3 is 5.32 Å². The van der Waals surface area contributed by atoms with Gasteiger partial charge in [-0.1, -0.05) is 5.21 Å². The fourth-order valence-electron chi connectivity index (χ4n) is 1.84. The molecule has 0 spiro atoms. The van der Waals surface area contributed by atoms with Crippen LogP contribution >= 0.6 is 0 Å². The molecule has 2 rings (SSSR count). The zero-order valence-corrected chi connectivity index (χ0v) is 13.2. The van der Waals surface area contributed by atoms with E-state index in [2.05, 4.69) is 30.5 Å². The summed E-state index contributed by atoms with van der Waals surface area (Å²) >= 11 is 0. The van der Waals surface area contributed by atoms with Gasteiger partial charge in [0, 0.05) is 17.8 Å². The molecular weight excluding hydrogens is 310 g/mol. The third kappa shape index (κ3) is 4.28. The summed E-state index contributed by atoms with van der Waals surface area (Å²) in [6.45, 7) is 4.03. The van der Waals surface area contributed by atoms with Gasteiger partial charge in [-0.05, 0) is 13.8 Å². The molecule has 3 N–H and O–H groups in total. The summed E-state index contributed by atoms with van der Waals surface area (Å²) in [4.78, 5) is 11.9. The van der Waals surface area contributed by atoms with E-state index in [1.165, 1.54) is 10.9 Å². The molecule has 0 bridgehead atoms. The van der Waals surface area contributed by atoms with Gasteiger partial charge in [0.15, 0.2) is 5.82 Å². The summed E-state index contributed by atoms with van der Waals surface area (Å²) in [6.07, 6.45) is 2.35. The topological polar surface area (TPSA) is 135 Å². The van der Waals surface area contributed by atoms with E-state index in [1.54, 1.807) is 0 Å². The van der Waals surface area contributed by atoms with Crippen molar-refractivity contribution in [2.75, 3.05) is 11.0 Å². The molecule has 0 atom stereocenters. The minimum atomic E-state index is -3.42. The first kappa shape index (κ1) is 15.9. The van der Waals surface area contributed by atoms with E-state index >= 15 is 0 Å². The molecule has 2 aromatic rings. The maximum atomic E-state index is 11.9. The summed E-state index contributed by atoms with van der Waals surface area (Å²) in [7, 11) is -3.42. The van der Waals surface area contributed by atoms with Crippen molar-refractivity contribution in [3.63, 3.8) is 0 Å². The summed E-state index contributed by atoms with van der Waals surface area (Å²) in [6, 6.07) is 0. The van der Waals surface area contributed by atoms with Crippen molar-refractivity contribution in [3.05, 3.63) is 23.1 Å². The lowest BCUT2D eigenvalue weighted by Crippen LogP contribution is -2.27. The number of aryl methyl sites for hydroxylation is 2. The summed E-state index contributed by atoms with van der Waals surface area (Å²) < 4.78 is 25.5. The standard InChI is InChI=1S/C11H17N7O3S/c1-7-9(8(2)14-13-7)4-12-11(19)6-18-5-10(15-17-18)16-22(3,20)21/h5,16H,4,6H2,1-3H3,(H,12,19)(H,13,14). The summed E-state index contributed by atoms with van der Waals surface area (Å²) in [5.41, 5.74) is 2.67. The van der Waals surface area contributed by atoms with Crippen LogP contribution in [0.1, 0.15) is 17.0 Å². The number of amides is 1. The molecule has 0 aliphatic heterocycles. The van der Waals surface area contributed by atoms with Crippen LogP contribution in [0.3, 0.4) is 0 Å².